The maximum atomic E-state index is 11.0. The van der Waals surface area contributed by atoms with Crippen LogP contribution >= 0.6 is 0 Å². The number of rotatable bonds is 2. The first kappa shape index (κ1) is 10.4. The van der Waals surface area contributed by atoms with Gasteiger partial charge in [0, 0.05) is 5.57 Å². The highest BCUT2D eigenvalue weighted by Crippen LogP contribution is 2.07. The fraction of sp³-hybridized carbons (Fsp3) is 0.100. The lowest BCUT2D eigenvalue weighted by molar-refractivity contribution is -0.281. The van der Waals surface area contributed by atoms with Crippen molar-refractivity contribution in [2.75, 3.05) is 0 Å². The standard InChI is InChI=1S/C10H11NO3/c1-8(10(12)11(13)14)7-9-5-3-2-4-6-9/h2-7,13-14H,1H3. The Kier molecular flexibility index (Phi) is 3.39. The Bertz CT molecular complexity index is 344. The number of amides is 1. The summed E-state index contributed by atoms with van der Waals surface area (Å²) in [7, 11) is 0. The second kappa shape index (κ2) is 4.55. The molecule has 0 aliphatic rings. The van der Waals surface area contributed by atoms with Crippen molar-refractivity contribution in [1.82, 2.24) is 5.23 Å². The summed E-state index contributed by atoms with van der Waals surface area (Å²) in [6.07, 6.45) is 1.57. The van der Waals surface area contributed by atoms with Crippen molar-refractivity contribution in [2.24, 2.45) is 0 Å². The number of hydrogen-bond acceptors (Lipinski definition) is 3. The van der Waals surface area contributed by atoms with Gasteiger partial charge in [0.1, 0.15) is 0 Å². The van der Waals surface area contributed by atoms with E-state index in [4.69, 9.17) is 10.4 Å². The smallest absolute Gasteiger partial charge is 0.265 e. The second-order valence-corrected chi connectivity index (χ2v) is 2.83. The number of benzene rings is 1. The fourth-order valence-corrected chi connectivity index (χ4v) is 1.02. The molecule has 2 N–H and O–H groups in total. The van der Waals surface area contributed by atoms with Crippen LogP contribution in [0.25, 0.3) is 6.08 Å². The van der Waals surface area contributed by atoms with E-state index in [-0.39, 0.29) is 5.57 Å². The number of carbonyl (C=O) groups excluding carboxylic acids is 1. The van der Waals surface area contributed by atoms with E-state index < -0.39 is 11.1 Å². The van der Waals surface area contributed by atoms with Gasteiger partial charge in [-0.3, -0.25) is 15.2 Å². The molecule has 1 aromatic carbocycles. The average Bonchev–Trinajstić information content (AvgIpc) is 2.18. The van der Waals surface area contributed by atoms with Gasteiger partial charge in [0.05, 0.1) is 0 Å². The van der Waals surface area contributed by atoms with Crippen LogP contribution in [0.5, 0.6) is 0 Å². The van der Waals surface area contributed by atoms with Gasteiger partial charge >= 0.3 is 0 Å². The van der Waals surface area contributed by atoms with Crippen LogP contribution in [0.15, 0.2) is 35.9 Å². The summed E-state index contributed by atoms with van der Waals surface area (Å²) < 4.78 is 0. The zero-order valence-corrected chi connectivity index (χ0v) is 7.71. The summed E-state index contributed by atoms with van der Waals surface area (Å²) in [6.45, 7) is 1.51. The van der Waals surface area contributed by atoms with E-state index in [9.17, 15) is 4.79 Å². The largest absolute Gasteiger partial charge is 0.299 e. The van der Waals surface area contributed by atoms with Gasteiger partial charge in [0.2, 0.25) is 0 Å². The molecule has 0 aromatic heterocycles. The second-order valence-electron chi connectivity index (χ2n) is 2.83. The van der Waals surface area contributed by atoms with E-state index in [0.29, 0.717) is 0 Å². The van der Waals surface area contributed by atoms with Gasteiger partial charge in [-0.05, 0) is 18.6 Å². The Labute approximate surface area is 81.6 Å². The van der Waals surface area contributed by atoms with Crippen LogP contribution in [0, 0.1) is 0 Å². The molecular formula is C10H11NO3. The van der Waals surface area contributed by atoms with Gasteiger partial charge in [-0.1, -0.05) is 35.6 Å². The zero-order valence-electron chi connectivity index (χ0n) is 7.71. The van der Waals surface area contributed by atoms with Gasteiger partial charge in [0.15, 0.2) is 0 Å². The predicted octanol–water partition coefficient (Wildman–Crippen LogP) is 1.70. The maximum absolute atomic E-state index is 11.0. The van der Waals surface area contributed by atoms with Gasteiger partial charge in [-0.25, -0.2) is 0 Å². The lowest BCUT2D eigenvalue weighted by Crippen LogP contribution is -2.23. The van der Waals surface area contributed by atoms with E-state index in [1.54, 1.807) is 6.08 Å². The Morgan fingerprint density at radius 2 is 1.86 bits per heavy atom. The van der Waals surface area contributed by atoms with Crippen LogP contribution in [0.2, 0.25) is 0 Å². The lowest BCUT2D eigenvalue weighted by atomic mass is 10.1. The van der Waals surface area contributed by atoms with Crippen LogP contribution in [0.4, 0.5) is 0 Å². The minimum atomic E-state index is -0.839. The molecule has 0 heterocycles. The molecule has 0 atom stereocenters. The van der Waals surface area contributed by atoms with E-state index in [0.717, 1.165) is 5.56 Å². The molecule has 0 saturated heterocycles. The van der Waals surface area contributed by atoms with E-state index >= 15 is 0 Å². The first-order valence-electron chi connectivity index (χ1n) is 4.07. The Morgan fingerprint density at radius 1 is 1.29 bits per heavy atom. The van der Waals surface area contributed by atoms with Crippen molar-refractivity contribution in [1.29, 1.82) is 0 Å². The van der Waals surface area contributed by atoms with E-state index in [1.807, 2.05) is 30.3 Å². The third-order valence-corrected chi connectivity index (χ3v) is 1.70. The van der Waals surface area contributed by atoms with Gasteiger partial charge < -0.3 is 0 Å². The highest BCUT2D eigenvalue weighted by molar-refractivity contribution is 5.95. The molecule has 0 fully saturated rings. The minimum absolute atomic E-state index is 0.251. The zero-order chi connectivity index (χ0) is 10.6. The summed E-state index contributed by atoms with van der Waals surface area (Å²) in [5, 5.41) is 16.5. The topological polar surface area (TPSA) is 60.8 Å². The lowest BCUT2D eigenvalue weighted by Gasteiger charge is -2.05. The van der Waals surface area contributed by atoms with Crippen LogP contribution in [-0.4, -0.2) is 21.5 Å². The normalized spacial score (nSPS) is 11.2. The average molecular weight is 193 g/mol. The van der Waals surface area contributed by atoms with Crippen molar-refractivity contribution in [3.05, 3.63) is 41.5 Å². The van der Waals surface area contributed by atoms with Crippen molar-refractivity contribution in [3.63, 3.8) is 0 Å². The summed E-state index contributed by atoms with van der Waals surface area (Å²) in [6, 6.07) is 9.16. The quantitative estimate of drug-likeness (QED) is 0.427. The molecule has 0 spiro atoms. The molecule has 0 unspecified atom stereocenters. The van der Waals surface area contributed by atoms with E-state index in [2.05, 4.69) is 0 Å². The van der Waals surface area contributed by atoms with Crippen LogP contribution < -0.4 is 0 Å². The Morgan fingerprint density at radius 3 is 2.36 bits per heavy atom. The maximum Gasteiger partial charge on any atom is 0.299 e. The van der Waals surface area contributed by atoms with Crippen LogP contribution in [0.1, 0.15) is 12.5 Å². The molecule has 0 aliphatic heterocycles. The monoisotopic (exact) mass is 193 g/mol. The Balaban J connectivity index is 2.84. The van der Waals surface area contributed by atoms with E-state index in [1.165, 1.54) is 6.92 Å². The molecule has 0 radical (unpaired) electrons. The van der Waals surface area contributed by atoms with Crippen LogP contribution in [-0.2, 0) is 4.79 Å². The fourth-order valence-electron chi connectivity index (χ4n) is 1.02. The summed E-state index contributed by atoms with van der Waals surface area (Å²) in [5.74, 6) is -0.839. The molecule has 74 valence electrons. The van der Waals surface area contributed by atoms with Gasteiger partial charge in [-0.15, -0.1) is 0 Å². The number of nitrogens with zero attached hydrogens (tertiary/aromatic N) is 1. The predicted molar refractivity (Wildman–Crippen MR) is 50.5 cm³/mol. The molecule has 1 rings (SSSR count). The Hall–Kier alpha value is -1.65. The SMILES string of the molecule is CC(=Cc1ccccc1)C(=O)N(O)O. The molecule has 4 nitrogen and oxygen atoms in total. The minimum Gasteiger partial charge on any atom is -0.265 e. The first-order chi connectivity index (χ1) is 6.61. The summed E-state index contributed by atoms with van der Waals surface area (Å²) in [5.41, 5.74) is 1.08. The molecule has 14 heavy (non-hydrogen) atoms. The first-order valence-corrected chi connectivity index (χ1v) is 4.07. The van der Waals surface area contributed by atoms with Crippen molar-refractivity contribution in [2.45, 2.75) is 6.92 Å². The number of carbonyl (C=O) groups is 1. The van der Waals surface area contributed by atoms with Gasteiger partial charge in [0.25, 0.3) is 5.91 Å². The van der Waals surface area contributed by atoms with Crippen molar-refractivity contribution < 1.29 is 15.2 Å². The molecular weight excluding hydrogens is 182 g/mol. The molecule has 0 aliphatic carbocycles. The molecule has 1 aromatic rings. The third-order valence-electron chi connectivity index (χ3n) is 1.70. The summed E-state index contributed by atoms with van der Waals surface area (Å²) >= 11 is 0. The van der Waals surface area contributed by atoms with Crippen molar-refractivity contribution in [3.8, 4) is 0 Å². The molecule has 0 bridgehead atoms. The number of hydrogen-bond donors (Lipinski definition) is 2. The molecule has 0 saturated carbocycles. The third kappa shape index (κ3) is 2.69. The van der Waals surface area contributed by atoms with Gasteiger partial charge in [-0.2, -0.15) is 0 Å². The molecule has 1 amide bonds. The highest BCUT2D eigenvalue weighted by atomic mass is 16.8. The molecule has 4 heteroatoms. The summed E-state index contributed by atoms with van der Waals surface area (Å²) in [4.78, 5) is 11.0. The van der Waals surface area contributed by atoms with Crippen LogP contribution in [0.3, 0.4) is 0 Å². The van der Waals surface area contributed by atoms with Crippen molar-refractivity contribution >= 4 is 12.0 Å². The highest BCUT2D eigenvalue weighted by Gasteiger charge is 2.09. The number of hydroxylamine groups is 2.